The van der Waals surface area contributed by atoms with E-state index in [-0.39, 0.29) is 0 Å². The van der Waals surface area contributed by atoms with Gasteiger partial charge < -0.3 is 9.32 Å². The van der Waals surface area contributed by atoms with Gasteiger partial charge in [0.05, 0.1) is 5.41 Å². The highest BCUT2D eigenvalue weighted by Gasteiger charge is 2.46. The maximum Gasteiger partial charge on any atom is 0.227 e. The molecule has 0 atom stereocenters. The maximum absolute atomic E-state index is 6.34. The van der Waals surface area contributed by atoms with E-state index < -0.39 is 5.41 Å². The van der Waals surface area contributed by atoms with E-state index in [9.17, 15) is 0 Å². The molecule has 0 aliphatic heterocycles. The zero-order valence-electron chi connectivity index (χ0n) is 28.9. The number of nitrogens with zero attached hydrogens (tertiary/aromatic N) is 2. The van der Waals surface area contributed by atoms with Crippen LogP contribution in [0.2, 0.25) is 0 Å². The van der Waals surface area contributed by atoms with Crippen molar-refractivity contribution in [1.82, 2.24) is 4.98 Å². The van der Waals surface area contributed by atoms with Crippen molar-refractivity contribution >= 4 is 28.2 Å². The van der Waals surface area contributed by atoms with Crippen LogP contribution in [0.15, 0.2) is 211 Å². The molecule has 250 valence electrons. The largest absolute Gasteiger partial charge is 0.436 e. The Balaban J connectivity index is 1.12. The Kier molecular flexibility index (Phi) is 7.36. The topological polar surface area (TPSA) is 29.3 Å². The number of para-hydroxylation sites is 1. The number of aromatic nitrogens is 1. The normalized spacial score (nSPS) is 12.7. The monoisotopic (exact) mass is 678 g/mol. The number of oxazole rings is 1. The first-order chi connectivity index (χ1) is 26.3. The van der Waals surface area contributed by atoms with E-state index in [2.05, 4.69) is 199 Å². The Labute approximate surface area is 309 Å². The Morgan fingerprint density at radius 2 is 0.925 bits per heavy atom. The first kappa shape index (κ1) is 30.8. The molecule has 0 N–H and O–H groups in total. The summed E-state index contributed by atoms with van der Waals surface area (Å²) in [6.45, 7) is 0. The molecule has 0 amide bonds. The van der Waals surface area contributed by atoms with E-state index in [1.165, 1.54) is 38.9 Å². The van der Waals surface area contributed by atoms with E-state index in [0.717, 1.165) is 39.3 Å². The quantitative estimate of drug-likeness (QED) is 0.168. The van der Waals surface area contributed by atoms with Gasteiger partial charge in [-0.3, -0.25) is 0 Å². The van der Waals surface area contributed by atoms with Gasteiger partial charge in [-0.25, -0.2) is 4.98 Å². The SMILES string of the molecule is c1ccc(-c2ccc(-c3nc4cc(N(c5ccccc5)c5ccc6c(c5)C(c5ccccc5)(c5ccccc5)c5ccccc5-6)ccc4o3)cc2)cc1. The third-order valence-electron chi connectivity index (χ3n) is 10.6. The Bertz CT molecular complexity index is 2660. The second kappa shape index (κ2) is 12.7. The molecule has 1 aliphatic rings. The Morgan fingerprint density at radius 1 is 0.396 bits per heavy atom. The lowest BCUT2D eigenvalue weighted by atomic mass is 9.67. The lowest BCUT2D eigenvalue weighted by Crippen LogP contribution is -2.28. The number of benzene rings is 8. The van der Waals surface area contributed by atoms with Gasteiger partial charge in [0.2, 0.25) is 5.89 Å². The fraction of sp³-hybridized carbons (Fsp3) is 0.0200. The van der Waals surface area contributed by atoms with Crippen molar-refractivity contribution in [2.45, 2.75) is 5.41 Å². The van der Waals surface area contributed by atoms with Gasteiger partial charge in [0.15, 0.2) is 5.58 Å². The van der Waals surface area contributed by atoms with Gasteiger partial charge in [-0.2, -0.15) is 0 Å². The van der Waals surface area contributed by atoms with Gasteiger partial charge >= 0.3 is 0 Å². The third kappa shape index (κ3) is 5.09. The summed E-state index contributed by atoms with van der Waals surface area (Å²) in [6, 6.07) is 73.4. The van der Waals surface area contributed by atoms with Gasteiger partial charge in [0.25, 0.3) is 0 Å². The number of rotatable bonds is 7. The van der Waals surface area contributed by atoms with Crippen LogP contribution in [0.25, 0.3) is 44.8 Å². The first-order valence-electron chi connectivity index (χ1n) is 18.0. The maximum atomic E-state index is 6.34. The molecule has 9 aromatic rings. The van der Waals surface area contributed by atoms with Gasteiger partial charge in [0.1, 0.15) is 5.52 Å². The predicted octanol–water partition coefficient (Wildman–Crippen LogP) is 13.0. The minimum atomic E-state index is -0.492. The minimum absolute atomic E-state index is 0.492. The second-order valence-corrected chi connectivity index (χ2v) is 13.5. The van der Waals surface area contributed by atoms with E-state index >= 15 is 0 Å². The molecule has 10 rings (SSSR count). The van der Waals surface area contributed by atoms with Crippen LogP contribution in [0.4, 0.5) is 17.1 Å². The summed E-state index contributed by atoms with van der Waals surface area (Å²) in [7, 11) is 0. The Hall–Kier alpha value is -6.97. The number of anilines is 3. The number of hydrogen-bond acceptors (Lipinski definition) is 3. The van der Waals surface area contributed by atoms with E-state index in [1.807, 2.05) is 12.1 Å². The van der Waals surface area contributed by atoms with Crippen LogP contribution >= 0.6 is 0 Å². The molecule has 3 heteroatoms. The molecule has 1 aromatic heterocycles. The van der Waals surface area contributed by atoms with Crippen LogP contribution < -0.4 is 4.90 Å². The summed E-state index contributed by atoms with van der Waals surface area (Å²) < 4.78 is 6.34. The van der Waals surface area contributed by atoms with E-state index in [1.54, 1.807) is 0 Å². The van der Waals surface area contributed by atoms with Crippen LogP contribution in [0, 0.1) is 0 Å². The average molecular weight is 679 g/mol. The highest BCUT2D eigenvalue weighted by Crippen LogP contribution is 2.57. The fourth-order valence-corrected chi connectivity index (χ4v) is 8.21. The molecule has 1 aliphatic carbocycles. The standard InChI is InChI=1S/C50H34N2O/c1-5-15-35(16-6-1)36-25-27-37(28-26-36)49-51-47-34-42(30-32-48(47)53-49)52(40-21-11-4-12-22-40)41-29-31-44-43-23-13-14-24-45(43)50(46(44)33-41,38-17-7-2-8-18-38)39-19-9-3-10-20-39/h1-34H. The predicted molar refractivity (Wildman–Crippen MR) is 217 cm³/mol. The van der Waals surface area contributed by atoms with E-state index in [0.29, 0.717) is 5.89 Å². The van der Waals surface area contributed by atoms with Gasteiger partial charge in [-0.05, 0) is 99.1 Å². The number of fused-ring (bicyclic) bond motifs is 4. The fourth-order valence-electron chi connectivity index (χ4n) is 8.21. The molecular formula is C50H34N2O. The summed E-state index contributed by atoms with van der Waals surface area (Å²) in [4.78, 5) is 7.34. The van der Waals surface area contributed by atoms with Crippen LogP contribution in [0.1, 0.15) is 22.3 Å². The molecule has 1 heterocycles. The molecule has 0 unspecified atom stereocenters. The van der Waals surface area contributed by atoms with Crippen LogP contribution in [-0.4, -0.2) is 4.98 Å². The molecule has 0 fully saturated rings. The molecular weight excluding hydrogens is 645 g/mol. The van der Waals surface area contributed by atoms with Crippen molar-refractivity contribution in [2.75, 3.05) is 4.90 Å². The van der Waals surface area contributed by atoms with Crippen molar-refractivity contribution in [3.63, 3.8) is 0 Å². The van der Waals surface area contributed by atoms with Gasteiger partial charge in [-0.15, -0.1) is 0 Å². The lowest BCUT2D eigenvalue weighted by Gasteiger charge is -2.35. The highest BCUT2D eigenvalue weighted by molar-refractivity contribution is 5.91. The average Bonchev–Trinajstić information content (AvgIpc) is 3.80. The third-order valence-corrected chi connectivity index (χ3v) is 10.6. The van der Waals surface area contributed by atoms with Crippen molar-refractivity contribution in [3.8, 4) is 33.7 Å². The van der Waals surface area contributed by atoms with E-state index in [4.69, 9.17) is 9.40 Å². The molecule has 8 aromatic carbocycles. The van der Waals surface area contributed by atoms with Crippen LogP contribution in [0.5, 0.6) is 0 Å². The van der Waals surface area contributed by atoms with Gasteiger partial charge in [-0.1, -0.05) is 152 Å². The molecule has 0 saturated carbocycles. The number of hydrogen-bond donors (Lipinski definition) is 0. The highest BCUT2D eigenvalue weighted by atomic mass is 16.3. The smallest absolute Gasteiger partial charge is 0.227 e. The molecule has 0 bridgehead atoms. The van der Waals surface area contributed by atoms with Crippen molar-refractivity contribution in [2.24, 2.45) is 0 Å². The summed E-state index contributed by atoms with van der Waals surface area (Å²) in [6.07, 6.45) is 0. The van der Waals surface area contributed by atoms with Crippen molar-refractivity contribution < 1.29 is 4.42 Å². The first-order valence-corrected chi connectivity index (χ1v) is 18.0. The van der Waals surface area contributed by atoms with Crippen LogP contribution in [-0.2, 0) is 5.41 Å². The lowest BCUT2D eigenvalue weighted by molar-refractivity contribution is 0.620. The minimum Gasteiger partial charge on any atom is -0.436 e. The van der Waals surface area contributed by atoms with Crippen molar-refractivity contribution in [3.05, 3.63) is 229 Å². The molecule has 0 saturated heterocycles. The molecule has 53 heavy (non-hydrogen) atoms. The zero-order valence-corrected chi connectivity index (χ0v) is 28.9. The summed E-state index contributed by atoms with van der Waals surface area (Å²) in [5, 5.41) is 0. The summed E-state index contributed by atoms with van der Waals surface area (Å²) in [5.74, 6) is 0.605. The summed E-state index contributed by atoms with van der Waals surface area (Å²) >= 11 is 0. The van der Waals surface area contributed by atoms with Crippen LogP contribution in [0.3, 0.4) is 0 Å². The Morgan fingerprint density at radius 3 is 1.62 bits per heavy atom. The zero-order chi connectivity index (χ0) is 35.2. The molecule has 3 nitrogen and oxygen atoms in total. The van der Waals surface area contributed by atoms with Crippen molar-refractivity contribution in [1.29, 1.82) is 0 Å². The second-order valence-electron chi connectivity index (χ2n) is 13.5. The molecule has 0 radical (unpaired) electrons. The molecule has 0 spiro atoms. The summed E-state index contributed by atoms with van der Waals surface area (Å²) in [5.41, 5.74) is 15.0. The van der Waals surface area contributed by atoms with Gasteiger partial charge in [0, 0.05) is 22.6 Å².